The zero-order valence-electron chi connectivity index (χ0n) is 26.0. The number of aromatic nitrogens is 5. The molecule has 0 bridgehead atoms. The molecule has 0 aliphatic rings. The molecule has 2 amide bonds. The van der Waals surface area contributed by atoms with Gasteiger partial charge in [0.05, 0.1) is 9.79 Å². The van der Waals surface area contributed by atoms with Crippen LogP contribution in [0, 0.1) is 27.7 Å². The minimum Gasteiger partial charge on any atom is -0.321 e. The lowest BCUT2D eigenvalue weighted by atomic mass is 10.2. The van der Waals surface area contributed by atoms with Gasteiger partial charge in [0.2, 0.25) is 11.9 Å². The third-order valence-electron chi connectivity index (χ3n) is 6.48. The third kappa shape index (κ3) is 8.31. The molecule has 3 aromatic heterocycles. The number of rotatable bonds is 10. The Balaban J connectivity index is 1.21. The van der Waals surface area contributed by atoms with Crippen LogP contribution in [0.15, 0.2) is 88.7 Å². The molecule has 0 aliphatic heterocycles. The van der Waals surface area contributed by atoms with Gasteiger partial charge in [0.1, 0.15) is 11.4 Å². The normalized spacial score (nSPS) is 11.4. The Labute approximate surface area is 276 Å². The minimum atomic E-state index is -3.99. The average molecular weight is 688 g/mol. The zero-order valence-corrected chi connectivity index (χ0v) is 27.6. The topological polar surface area (TPSA) is 215 Å². The lowest BCUT2D eigenvalue weighted by Crippen LogP contribution is -2.19. The Morgan fingerprint density at radius 1 is 0.500 bits per heavy atom. The fourth-order valence-corrected chi connectivity index (χ4v) is 6.30. The molecule has 5 rings (SSSR count). The molecule has 5 aromatic rings. The summed E-state index contributed by atoms with van der Waals surface area (Å²) >= 11 is 0. The van der Waals surface area contributed by atoms with Crippen molar-refractivity contribution in [2.75, 3.05) is 20.1 Å². The van der Waals surface area contributed by atoms with Gasteiger partial charge in [-0.15, -0.1) is 0 Å². The van der Waals surface area contributed by atoms with Crippen molar-refractivity contribution in [2.45, 2.75) is 37.5 Å². The first-order valence-corrected chi connectivity index (χ1v) is 17.1. The predicted octanol–water partition coefficient (Wildman–Crippen LogP) is 4.00. The molecule has 3 heterocycles. The lowest BCUT2D eigenvalue weighted by molar-refractivity contribution is 0.101. The van der Waals surface area contributed by atoms with E-state index in [4.69, 9.17) is 0 Å². The maximum Gasteiger partial charge on any atom is 0.274 e. The Hall–Kier alpha value is -5.81. The van der Waals surface area contributed by atoms with Crippen LogP contribution in [0.3, 0.4) is 0 Å². The lowest BCUT2D eigenvalue weighted by Gasteiger charge is -2.10. The SMILES string of the molecule is Cc1cc(C)nc(NS(=O)(=O)c2ccc(NC(=O)c3cccc(C(=O)Nc4ccc(S(=O)(=O)Nc5nc(C)cc(C)n5)cc4)n3)cc2)n1. The van der Waals surface area contributed by atoms with Crippen molar-refractivity contribution in [2.24, 2.45) is 0 Å². The first kappa shape index (κ1) is 33.6. The molecule has 0 saturated carbocycles. The van der Waals surface area contributed by atoms with E-state index < -0.39 is 31.9 Å². The number of pyridine rings is 1. The molecule has 48 heavy (non-hydrogen) atoms. The summed E-state index contributed by atoms with van der Waals surface area (Å²) in [6.07, 6.45) is 0. The van der Waals surface area contributed by atoms with Gasteiger partial charge in [-0.3, -0.25) is 9.59 Å². The molecule has 0 unspecified atom stereocenters. The van der Waals surface area contributed by atoms with Crippen LogP contribution < -0.4 is 20.1 Å². The summed E-state index contributed by atoms with van der Waals surface area (Å²) in [5, 5.41) is 5.23. The van der Waals surface area contributed by atoms with Crippen LogP contribution >= 0.6 is 0 Å². The number of benzene rings is 2. The molecule has 0 aliphatic carbocycles. The third-order valence-corrected chi connectivity index (χ3v) is 9.16. The van der Waals surface area contributed by atoms with Gasteiger partial charge < -0.3 is 10.6 Å². The largest absolute Gasteiger partial charge is 0.321 e. The fourth-order valence-electron chi connectivity index (χ4n) is 4.41. The van der Waals surface area contributed by atoms with Crippen molar-refractivity contribution in [3.63, 3.8) is 0 Å². The maximum atomic E-state index is 12.9. The van der Waals surface area contributed by atoms with Gasteiger partial charge in [-0.2, -0.15) is 0 Å². The quantitative estimate of drug-likeness (QED) is 0.165. The van der Waals surface area contributed by atoms with E-state index in [-0.39, 0.29) is 44.5 Å². The van der Waals surface area contributed by atoms with Crippen LogP contribution in [-0.4, -0.2) is 53.6 Å². The van der Waals surface area contributed by atoms with Crippen LogP contribution in [0.4, 0.5) is 23.3 Å². The van der Waals surface area contributed by atoms with Crippen molar-refractivity contribution in [3.8, 4) is 0 Å². The molecule has 0 atom stereocenters. The highest BCUT2D eigenvalue weighted by Crippen LogP contribution is 2.20. The number of aryl methyl sites for hydroxylation is 4. The van der Waals surface area contributed by atoms with E-state index in [2.05, 4.69) is 45.0 Å². The minimum absolute atomic E-state index is 0.0541. The molecule has 0 fully saturated rings. The van der Waals surface area contributed by atoms with Crippen LogP contribution in [0.5, 0.6) is 0 Å². The van der Waals surface area contributed by atoms with Crippen molar-refractivity contribution < 1.29 is 26.4 Å². The summed E-state index contributed by atoms with van der Waals surface area (Å²) in [4.78, 5) is 46.2. The van der Waals surface area contributed by atoms with Crippen molar-refractivity contribution in [1.29, 1.82) is 0 Å². The van der Waals surface area contributed by atoms with E-state index in [1.165, 1.54) is 66.7 Å². The molecule has 246 valence electrons. The van der Waals surface area contributed by atoms with Crippen molar-refractivity contribution in [1.82, 2.24) is 24.9 Å². The van der Waals surface area contributed by atoms with E-state index in [9.17, 15) is 26.4 Å². The summed E-state index contributed by atoms with van der Waals surface area (Å²) in [5.41, 5.74) is 2.84. The molecule has 17 heteroatoms. The summed E-state index contributed by atoms with van der Waals surface area (Å²) < 4.78 is 55.9. The molecule has 2 aromatic carbocycles. The van der Waals surface area contributed by atoms with Crippen LogP contribution in [-0.2, 0) is 20.0 Å². The van der Waals surface area contributed by atoms with Gasteiger partial charge >= 0.3 is 0 Å². The number of carbonyl (C=O) groups is 2. The number of sulfonamides is 2. The zero-order chi connectivity index (χ0) is 34.6. The number of hydrogen-bond donors (Lipinski definition) is 4. The highest BCUT2D eigenvalue weighted by molar-refractivity contribution is 7.93. The molecule has 15 nitrogen and oxygen atoms in total. The molecule has 0 saturated heterocycles. The van der Waals surface area contributed by atoms with Gasteiger partial charge in [0, 0.05) is 34.2 Å². The number of carbonyl (C=O) groups excluding carboxylic acids is 2. The van der Waals surface area contributed by atoms with Gasteiger partial charge in [0.15, 0.2) is 0 Å². The Morgan fingerprint density at radius 3 is 1.17 bits per heavy atom. The summed E-state index contributed by atoms with van der Waals surface area (Å²) in [7, 11) is -7.99. The van der Waals surface area contributed by atoms with E-state index in [0.717, 1.165) is 0 Å². The van der Waals surface area contributed by atoms with Gasteiger partial charge in [-0.25, -0.2) is 51.2 Å². The number of nitrogens with one attached hydrogen (secondary N) is 4. The Kier molecular flexibility index (Phi) is 9.44. The Bertz CT molecular complexity index is 2050. The van der Waals surface area contributed by atoms with Gasteiger partial charge in [0.25, 0.3) is 31.9 Å². The average Bonchev–Trinajstić information content (AvgIpc) is 3.00. The van der Waals surface area contributed by atoms with Crippen LogP contribution in [0.1, 0.15) is 43.8 Å². The Morgan fingerprint density at radius 2 is 0.833 bits per heavy atom. The van der Waals surface area contributed by atoms with Gasteiger partial charge in [-0.1, -0.05) is 6.07 Å². The monoisotopic (exact) mass is 687 g/mol. The highest BCUT2D eigenvalue weighted by Gasteiger charge is 2.19. The summed E-state index contributed by atoms with van der Waals surface area (Å²) in [5.74, 6) is -1.39. The maximum absolute atomic E-state index is 12.9. The second-order valence-electron chi connectivity index (χ2n) is 10.5. The van der Waals surface area contributed by atoms with E-state index in [1.807, 2.05) is 0 Å². The number of amides is 2. The molecular formula is C31H29N9O6S2. The highest BCUT2D eigenvalue weighted by atomic mass is 32.2. The summed E-state index contributed by atoms with van der Waals surface area (Å²) in [6.45, 7) is 6.89. The van der Waals surface area contributed by atoms with E-state index >= 15 is 0 Å². The standard InChI is InChI=1S/C31H29N9O6S2/c1-18-16-19(2)33-30(32-18)39-47(43,44)24-12-8-22(9-13-24)36-28(41)26-6-5-7-27(38-26)29(42)37-23-10-14-25(15-11-23)48(45,46)40-31-34-20(3)17-21(4)35-31/h5-17H,1-4H3,(H,36,41)(H,37,42)(H,32,33,39)(H,34,35,40). The second-order valence-corrected chi connectivity index (χ2v) is 13.9. The molecule has 0 radical (unpaired) electrons. The number of nitrogens with zero attached hydrogens (tertiary/aromatic N) is 5. The fraction of sp³-hybridized carbons (Fsp3) is 0.129. The first-order valence-electron chi connectivity index (χ1n) is 14.2. The predicted molar refractivity (Wildman–Crippen MR) is 178 cm³/mol. The molecule has 4 N–H and O–H groups in total. The number of anilines is 4. The smallest absolute Gasteiger partial charge is 0.274 e. The molecular weight excluding hydrogens is 659 g/mol. The number of hydrogen-bond acceptors (Lipinski definition) is 11. The van der Waals surface area contributed by atoms with Crippen molar-refractivity contribution >= 4 is 55.1 Å². The second kappa shape index (κ2) is 13.5. The van der Waals surface area contributed by atoms with Gasteiger partial charge in [-0.05, 0) is 100 Å². The summed E-state index contributed by atoms with van der Waals surface area (Å²) in [6, 6.07) is 18.6. The van der Waals surface area contributed by atoms with Crippen molar-refractivity contribution in [3.05, 3.63) is 113 Å². The van der Waals surface area contributed by atoms with Crippen LogP contribution in [0.25, 0.3) is 0 Å². The first-order chi connectivity index (χ1) is 22.7. The molecule has 0 spiro atoms. The van der Waals surface area contributed by atoms with Crippen LogP contribution in [0.2, 0.25) is 0 Å². The van der Waals surface area contributed by atoms with E-state index in [1.54, 1.807) is 39.8 Å². The van der Waals surface area contributed by atoms with E-state index in [0.29, 0.717) is 22.8 Å².